The van der Waals surface area contributed by atoms with E-state index in [0.29, 0.717) is 6.04 Å². The van der Waals surface area contributed by atoms with Gasteiger partial charge in [0, 0.05) is 12.6 Å². The van der Waals surface area contributed by atoms with E-state index in [0.717, 1.165) is 24.3 Å². The Balaban J connectivity index is 1.83. The standard InChI is InChI=1S/C14H22N2/c1-10(16-9-14(2,3)8-15)13-7-11-4-5-12(13)6-11/h4-5,10-13,16H,6-7,9H2,1-3H3. The van der Waals surface area contributed by atoms with Crippen LogP contribution in [0.5, 0.6) is 0 Å². The number of nitriles is 1. The molecule has 2 rings (SSSR count). The lowest BCUT2D eigenvalue weighted by Gasteiger charge is -2.28. The van der Waals surface area contributed by atoms with Crippen molar-refractivity contribution in [2.75, 3.05) is 6.54 Å². The molecule has 0 aromatic carbocycles. The minimum Gasteiger partial charge on any atom is -0.312 e. The quantitative estimate of drug-likeness (QED) is 0.736. The van der Waals surface area contributed by atoms with E-state index in [2.05, 4.69) is 30.5 Å². The predicted octanol–water partition coefficient (Wildman–Crippen LogP) is 2.73. The van der Waals surface area contributed by atoms with Gasteiger partial charge >= 0.3 is 0 Å². The Kier molecular flexibility index (Phi) is 3.08. The smallest absolute Gasteiger partial charge is 0.0697 e. The van der Waals surface area contributed by atoms with E-state index >= 15 is 0 Å². The van der Waals surface area contributed by atoms with Crippen LogP contribution in [0, 0.1) is 34.5 Å². The zero-order chi connectivity index (χ0) is 11.8. The van der Waals surface area contributed by atoms with Crippen LogP contribution in [-0.2, 0) is 0 Å². The van der Waals surface area contributed by atoms with Gasteiger partial charge in [0.25, 0.3) is 0 Å². The van der Waals surface area contributed by atoms with Crippen molar-refractivity contribution in [1.82, 2.24) is 5.32 Å². The molecule has 2 aliphatic rings. The van der Waals surface area contributed by atoms with Crippen molar-refractivity contribution in [3.8, 4) is 6.07 Å². The van der Waals surface area contributed by atoms with Crippen molar-refractivity contribution >= 4 is 0 Å². The van der Waals surface area contributed by atoms with E-state index in [1.165, 1.54) is 12.8 Å². The summed E-state index contributed by atoms with van der Waals surface area (Å²) in [6.45, 7) is 7.05. The number of rotatable bonds is 4. The molecule has 88 valence electrons. The summed E-state index contributed by atoms with van der Waals surface area (Å²) in [7, 11) is 0. The lowest BCUT2D eigenvalue weighted by molar-refractivity contribution is 0.300. The topological polar surface area (TPSA) is 35.8 Å². The van der Waals surface area contributed by atoms with Crippen LogP contribution in [-0.4, -0.2) is 12.6 Å². The molecule has 4 atom stereocenters. The molecule has 0 spiro atoms. The summed E-state index contributed by atoms with van der Waals surface area (Å²) in [6.07, 6.45) is 7.47. The highest BCUT2D eigenvalue weighted by Gasteiger charge is 2.38. The van der Waals surface area contributed by atoms with Crippen LogP contribution in [0.15, 0.2) is 12.2 Å². The largest absolute Gasteiger partial charge is 0.312 e. The number of hydrogen-bond donors (Lipinski definition) is 1. The third-order valence-corrected chi connectivity index (χ3v) is 4.14. The van der Waals surface area contributed by atoms with Crippen molar-refractivity contribution in [3.05, 3.63) is 12.2 Å². The van der Waals surface area contributed by atoms with Crippen molar-refractivity contribution in [1.29, 1.82) is 5.26 Å². The van der Waals surface area contributed by atoms with Gasteiger partial charge in [-0.25, -0.2) is 0 Å². The molecule has 1 saturated carbocycles. The third kappa shape index (κ3) is 2.30. The first-order valence-corrected chi connectivity index (χ1v) is 6.35. The number of nitrogens with one attached hydrogen (secondary N) is 1. The Bertz CT molecular complexity index is 324. The molecule has 2 nitrogen and oxygen atoms in total. The maximum absolute atomic E-state index is 8.98. The number of hydrogen-bond acceptors (Lipinski definition) is 2. The normalized spacial score (nSPS) is 34.0. The molecule has 0 aliphatic heterocycles. The fourth-order valence-corrected chi connectivity index (χ4v) is 3.01. The van der Waals surface area contributed by atoms with E-state index in [1.54, 1.807) is 0 Å². The van der Waals surface area contributed by atoms with Crippen molar-refractivity contribution in [2.45, 2.75) is 39.7 Å². The second-order valence-electron chi connectivity index (χ2n) is 6.11. The van der Waals surface area contributed by atoms with Crippen LogP contribution in [0.1, 0.15) is 33.6 Å². The molecule has 0 aromatic heterocycles. The molecule has 0 amide bonds. The minimum atomic E-state index is -0.248. The molecule has 0 saturated heterocycles. The molecule has 2 heteroatoms. The molecule has 2 aliphatic carbocycles. The highest BCUT2D eigenvalue weighted by atomic mass is 14.9. The highest BCUT2D eigenvalue weighted by Crippen LogP contribution is 2.44. The Morgan fingerprint density at radius 2 is 2.19 bits per heavy atom. The minimum absolute atomic E-state index is 0.248. The first kappa shape index (κ1) is 11.7. The molecular weight excluding hydrogens is 196 g/mol. The van der Waals surface area contributed by atoms with Gasteiger partial charge in [-0.1, -0.05) is 12.2 Å². The SMILES string of the molecule is CC(NCC(C)(C)C#N)C1CC2C=CC1C2. The Hall–Kier alpha value is -0.810. The molecule has 0 heterocycles. The summed E-state index contributed by atoms with van der Waals surface area (Å²) < 4.78 is 0. The maximum atomic E-state index is 8.98. The summed E-state index contributed by atoms with van der Waals surface area (Å²) in [5.41, 5.74) is -0.248. The zero-order valence-corrected chi connectivity index (χ0v) is 10.5. The maximum Gasteiger partial charge on any atom is 0.0697 e. The first-order valence-electron chi connectivity index (χ1n) is 6.35. The van der Waals surface area contributed by atoms with E-state index in [-0.39, 0.29) is 5.41 Å². The third-order valence-electron chi connectivity index (χ3n) is 4.14. The van der Waals surface area contributed by atoms with Crippen LogP contribution < -0.4 is 5.32 Å². The summed E-state index contributed by atoms with van der Waals surface area (Å²) in [5.74, 6) is 2.41. The second kappa shape index (κ2) is 4.22. The van der Waals surface area contributed by atoms with Crippen LogP contribution in [0.3, 0.4) is 0 Å². The number of fused-ring (bicyclic) bond motifs is 2. The molecule has 0 aromatic rings. The van der Waals surface area contributed by atoms with E-state index < -0.39 is 0 Å². The Morgan fingerprint density at radius 3 is 2.69 bits per heavy atom. The summed E-state index contributed by atoms with van der Waals surface area (Å²) in [5, 5.41) is 12.5. The molecule has 2 bridgehead atoms. The Morgan fingerprint density at radius 1 is 1.44 bits per heavy atom. The fraction of sp³-hybridized carbons (Fsp3) is 0.786. The molecular formula is C14H22N2. The van der Waals surface area contributed by atoms with Gasteiger partial charge in [-0.3, -0.25) is 0 Å². The first-order chi connectivity index (χ1) is 7.52. The summed E-state index contributed by atoms with van der Waals surface area (Å²) >= 11 is 0. The van der Waals surface area contributed by atoms with Gasteiger partial charge in [-0.05, 0) is 51.4 Å². The van der Waals surface area contributed by atoms with Crippen molar-refractivity contribution in [2.24, 2.45) is 23.2 Å². The van der Waals surface area contributed by atoms with Crippen LogP contribution >= 0.6 is 0 Å². The monoisotopic (exact) mass is 218 g/mol. The average molecular weight is 218 g/mol. The number of allylic oxidation sites excluding steroid dienone is 2. The average Bonchev–Trinajstić information content (AvgIpc) is 2.87. The van der Waals surface area contributed by atoms with Gasteiger partial charge < -0.3 is 5.32 Å². The van der Waals surface area contributed by atoms with Gasteiger partial charge in [0.05, 0.1) is 11.5 Å². The van der Waals surface area contributed by atoms with Gasteiger partial charge in [0.15, 0.2) is 0 Å². The fourth-order valence-electron chi connectivity index (χ4n) is 3.01. The van der Waals surface area contributed by atoms with Crippen LogP contribution in [0.25, 0.3) is 0 Å². The second-order valence-corrected chi connectivity index (χ2v) is 6.11. The lowest BCUT2D eigenvalue weighted by atomic mass is 9.86. The molecule has 1 fully saturated rings. The molecule has 16 heavy (non-hydrogen) atoms. The van der Waals surface area contributed by atoms with E-state index in [4.69, 9.17) is 5.26 Å². The van der Waals surface area contributed by atoms with Crippen molar-refractivity contribution in [3.63, 3.8) is 0 Å². The Labute approximate surface area is 98.7 Å². The van der Waals surface area contributed by atoms with Gasteiger partial charge in [-0.15, -0.1) is 0 Å². The summed E-state index contributed by atoms with van der Waals surface area (Å²) in [4.78, 5) is 0. The molecule has 4 unspecified atom stereocenters. The zero-order valence-electron chi connectivity index (χ0n) is 10.5. The van der Waals surface area contributed by atoms with Gasteiger partial charge in [-0.2, -0.15) is 5.26 Å². The van der Waals surface area contributed by atoms with E-state index in [9.17, 15) is 0 Å². The van der Waals surface area contributed by atoms with Crippen LogP contribution in [0.2, 0.25) is 0 Å². The van der Waals surface area contributed by atoms with E-state index in [1.807, 2.05) is 13.8 Å². The molecule has 0 radical (unpaired) electrons. The van der Waals surface area contributed by atoms with Crippen molar-refractivity contribution < 1.29 is 0 Å². The lowest BCUT2D eigenvalue weighted by Crippen LogP contribution is -2.40. The number of nitrogens with zero attached hydrogens (tertiary/aromatic N) is 1. The predicted molar refractivity (Wildman–Crippen MR) is 65.7 cm³/mol. The van der Waals surface area contributed by atoms with Gasteiger partial charge in [0.1, 0.15) is 0 Å². The summed E-state index contributed by atoms with van der Waals surface area (Å²) in [6, 6.07) is 2.88. The van der Waals surface area contributed by atoms with Crippen LogP contribution in [0.4, 0.5) is 0 Å². The molecule has 1 N–H and O–H groups in total. The highest BCUT2D eigenvalue weighted by molar-refractivity contribution is 5.11. The van der Waals surface area contributed by atoms with Gasteiger partial charge in [0.2, 0.25) is 0 Å².